The van der Waals surface area contributed by atoms with Crippen LogP contribution in [0.1, 0.15) is 17.5 Å². The second-order valence-corrected chi connectivity index (χ2v) is 8.61. The zero-order chi connectivity index (χ0) is 18.9. The Morgan fingerprint density at radius 3 is 2.44 bits per heavy atom. The van der Waals surface area contributed by atoms with Crippen molar-refractivity contribution in [2.45, 2.75) is 18.6 Å². The first-order chi connectivity index (χ1) is 13.2. The van der Waals surface area contributed by atoms with E-state index in [1.54, 1.807) is 0 Å². The van der Waals surface area contributed by atoms with Crippen molar-refractivity contribution in [1.29, 1.82) is 0 Å². The largest absolute Gasteiger partial charge is 0.355 e. The minimum atomic E-state index is -0.860. The Morgan fingerprint density at radius 1 is 1.11 bits per heavy atom. The molecule has 1 fully saturated rings. The summed E-state index contributed by atoms with van der Waals surface area (Å²) < 4.78 is 12.3. The number of rotatable bonds is 7. The number of likely N-dealkylation sites (tertiary alicyclic amines) is 1. The number of nitrogens with zero attached hydrogens (tertiary/aromatic N) is 2. The lowest BCUT2D eigenvalue weighted by Crippen LogP contribution is -2.41. The van der Waals surface area contributed by atoms with E-state index >= 15 is 0 Å². The monoisotopic (exact) mass is 383 g/mol. The molecule has 0 aromatic heterocycles. The molecule has 1 aliphatic rings. The Kier molecular flexibility index (Phi) is 7.45. The molecule has 5 heteroatoms. The molecular weight excluding hydrogens is 354 g/mol. The fourth-order valence-electron chi connectivity index (χ4n) is 3.58. The third-order valence-corrected chi connectivity index (χ3v) is 6.26. The molecule has 2 atom stereocenters. The van der Waals surface area contributed by atoms with Crippen LogP contribution in [0.25, 0.3) is 0 Å². The highest BCUT2D eigenvalue weighted by molar-refractivity contribution is 7.84. The number of nitrogens with one attached hydrogen (secondary N) is 1. The molecule has 2 unspecified atom stereocenters. The summed E-state index contributed by atoms with van der Waals surface area (Å²) in [6.07, 6.45) is 2.31. The number of hydrogen-bond acceptors (Lipinski definition) is 2. The van der Waals surface area contributed by atoms with E-state index in [2.05, 4.69) is 45.5 Å². The summed E-state index contributed by atoms with van der Waals surface area (Å²) in [6, 6.07) is 20.7. The van der Waals surface area contributed by atoms with Gasteiger partial charge in [-0.2, -0.15) is 0 Å². The Bertz CT molecular complexity index is 749. The molecule has 0 amide bonds. The van der Waals surface area contributed by atoms with E-state index in [-0.39, 0.29) is 0 Å². The third kappa shape index (κ3) is 6.21. The van der Waals surface area contributed by atoms with Crippen LogP contribution in [0.2, 0.25) is 0 Å². The average molecular weight is 384 g/mol. The summed E-state index contributed by atoms with van der Waals surface area (Å²) in [5.41, 5.74) is 2.53. The van der Waals surface area contributed by atoms with Gasteiger partial charge in [-0.15, -0.1) is 0 Å². The molecule has 1 N–H and O–H groups in total. The fraction of sp³-hybridized carbons (Fsp3) is 0.409. The number of hydrogen-bond donors (Lipinski definition) is 1. The van der Waals surface area contributed by atoms with Gasteiger partial charge in [0.2, 0.25) is 0 Å². The van der Waals surface area contributed by atoms with Gasteiger partial charge in [-0.05, 0) is 29.9 Å². The number of guanidine groups is 1. The molecule has 0 aliphatic carbocycles. The minimum Gasteiger partial charge on any atom is -0.355 e. The van der Waals surface area contributed by atoms with Gasteiger partial charge < -0.3 is 10.2 Å². The van der Waals surface area contributed by atoms with E-state index in [0.29, 0.717) is 24.0 Å². The van der Waals surface area contributed by atoms with Crippen molar-refractivity contribution in [3.63, 3.8) is 0 Å². The first-order valence-electron chi connectivity index (χ1n) is 9.63. The van der Waals surface area contributed by atoms with Crippen molar-refractivity contribution >= 4 is 16.8 Å². The van der Waals surface area contributed by atoms with Crippen LogP contribution in [-0.4, -0.2) is 47.5 Å². The van der Waals surface area contributed by atoms with Gasteiger partial charge in [0.15, 0.2) is 5.96 Å². The fourth-order valence-corrected chi connectivity index (χ4v) is 4.62. The highest BCUT2D eigenvalue weighted by Gasteiger charge is 2.24. The van der Waals surface area contributed by atoms with Crippen LogP contribution in [0.15, 0.2) is 65.7 Å². The molecule has 0 saturated carbocycles. The van der Waals surface area contributed by atoms with Crippen LogP contribution in [0, 0.1) is 5.92 Å². The van der Waals surface area contributed by atoms with Gasteiger partial charge in [-0.25, -0.2) is 0 Å². The lowest BCUT2D eigenvalue weighted by Gasteiger charge is -2.21. The molecule has 1 aliphatic heterocycles. The van der Waals surface area contributed by atoms with Crippen LogP contribution < -0.4 is 5.32 Å². The normalized spacial score (nSPS) is 18.5. The van der Waals surface area contributed by atoms with Gasteiger partial charge >= 0.3 is 0 Å². The summed E-state index contributed by atoms with van der Waals surface area (Å²) in [6.45, 7) is 2.75. The van der Waals surface area contributed by atoms with E-state index in [4.69, 9.17) is 0 Å². The molecule has 27 heavy (non-hydrogen) atoms. The molecule has 0 spiro atoms. The molecule has 1 saturated heterocycles. The van der Waals surface area contributed by atoms with Gasteiger partial charge in [0.1, 0.15) is 0 Å². The highest BCUT2D eigenvalue weighted by atomic mass is 32.2. The molecule has 0 radical (unpaired) electrons. The SMILES string of the molecule is CN=C(NCCS(=O)Cc1ccccc1)N1CCC(Cc2ccccc2)C1. The van der Waals surface area contributed by atoms with Crippen LogP contribution in [0.3, 0.4) is 0 Å². The Balaban J connectivity index is 1.41. The van der Waals surface area contributed by atoms with E-state index in [9.17, 15) is 4.21 Å². The van der Waals surface area contributed by atoms with Crippen LogP contribution >= 0.6 is 0 Å². The van der Waals surface area contributed by atoms with Gasteiger partial charge in [0, 0.05) is 49.0 Å². The van der Waals surface area contributed by atoms with Gasteiger partial charge in [0.25, 0.3) is 0 Å². The van der Waals surface area contributed by atoms with Crippen LogP contribution in [0.4, 0.5) is 0 Å². The molecule has 3 rings (SSSR count). The Morgan fingerprint density at radius 2 is 1.78 bits per heavy atom. The summed E-state index contributed by atoms with van der Waals surface area (Å²) in [5.74, 6) is 2.85. The van der Waals surface area contributed by atoms with Crippen LogP contribution in [0.5, 0.6) is 0 Å². The second kappa shape index (κ2) is 10.3. The van der Waals surface area contributed by atoms with Gasteiger partial charge in [0.05, 0.1) is 0 Å². The minimum absolute atomic E-state index is 0.615. The van der Waals surface area contributed by atoms with Crippen molar-refractivity contribution in [1.82, 2.24) is 10.2 Å². The van der Waals surface area contributed by atoms with Gasteiger partial charge in [-0.1, -0.05) is 60.7 Å². The zero-order valence-corrected chi connectivity index (χ0v) is 16.8. The van der Waals surface area contributed by atoms with Crippen LogP contribution in [-0.2, 0) is 23.0 Å². The predicted molar refractivity (Wildman–Crippen MR) is 114 cm³/mol. The second-order valence-electron chi connectivity index (χ2n) is 7.04. The maximum absolute atomic E-state index is 12.3. The molecule has 2 aromatic carbocycles. The van der Waals surface area contributed by atoms with Crippen molar-refractivity contribution in [2.75, 3.05) is 32.4 Å². The topological polar surface area (TPSA) is 44.7 Å². The van der Waals surface area contributed by atoms with Crippen molar-refractivity contribution < 1.29 is 4.21 Å². The first kappa shape index (κ1) is 19.6. The highest BCUT2D eigenvalue weighted by Crippen LogP contribution is 2.20. The third-order valence-electron chi connectivity index (χ3n) is 4.95. The maximum Gasteiger partial charge on any atom is 0.193 e. The van der Waals surface area contributed by atoms with Crippen molar-refractivity contribution in [3.05, 3.63) is 71.8 Å². The summed E-state index contributed by atoms with van der Waals surface area (Å²) in [4.78, 5) is 6.75. The molecule has 144 valence electrons. The van der Waals surface area contributed by atoms with E-state index in [1.165, 1.54) is 12.0 Å². The molecule has 4 nitrogen and oxygen atoms in total. The molecule has 1 heterocycles. The summed E-state index contributed by atoms with van der Waals surface area (Å²) in [5, 5.41) is 3.40. The molecule has 0 bridgehead atoms. The zero-order valence-electron chi connectivity index (χ0n) is 16.0. The number of benzene rings is 2. The van der Waals surface area contributed by atoms with Gasteiger partial charge in [-0.3, -0.25) is 9.20 Å². The predicted octanol–water partition coefficient (Wildman–Crippen LogP) is 3.08. The van der Waals surface area contributed by atoms with Crippen molar-refractivity contribution in [3.8, 4) is 0 Å². The quantitative estimate of drug-likeness (QED) is 0.590. The first-order valence-corrected chi connectivity index (χ1v) is 11.1. The van der Waals surface area contributed by atoms with E-state index in [0.717, 1.165) is 31.0 Å². The maximum atomic E-state index is 12.3. The van der Waals surface area contributed by atoms with Crippen molar-refractivity contribution in [2.24, 2.45) is 10.9 Å². The average Bonchev–Trinajstić information content (AvgIpc) is 3.15. The number of aliphatic imine (C=N–C) groups is 1. The Labute approximate surface area is 165 Å². The standard InChI is InChI=1S/C22H29N3OS/c1-23-22(24-13-15-27(26)18-20-10-6-3-7-11-20)25-14-12-21(17-25)16-19-8-4-2-5-9-19/h2-11,21H,12-18H2,1H3,(H,23,24). The van der Waals surface area contributed by atoms with E-state index in [1.807, 2.05) is 37.4 Å². The summed E-state index contributed by atoms with van der Waals surface area (Å²) in [7, 11) is 0.967. The lowest BCUT2D eigenvalue weighted by atomic mass is 9.99. The smallest absolute Gasteiger partial charge is 0.193 e. The lowest BCUT2D eigenvalue weighted by molar-refractivity contribution is 0.461. The molecular formula is C22H29N3OS. The van der Waals surface area contributed by atoms with E-state index < -0.39 is 10.8 Å². The Hall–Kier alpha value is -2.14. The molecule has 2 aromatic rings. The summed E-state index contributed by atoms with van der Waals surface area (Å²) >= 11 is 0.